The smallest absolute Gasteiger partial charge is 0.135 e. The van der Waals surface area contributed by atoms with Gasteiger partial charge in [-0.2, -0.15) is 0 Å². The summed E-state index contributed by atoms with van der Waals surface area (Å²) in [7, 11) is 1.96. The van der Waals surface area contributed by atoms with Crippen LogP contribution in [0.5, 0.6) is 0 Å². The van der Waals surface area contributed by atoms with E-state index in [0.29, 0.717) is 5.92 Å². The van der Waals surface area contributed by atoms with E-state index in [1.54, 1.807) is 6.92 Å². The Morgan fingerprint density at radius 3 is 2.27 bits per heavy atom. The van der Waals surface area contributed by atoms with E-state index in [1.807, 2.05) is 20.9 Å². The molecule has 3 N–H and O–H groups in total. The molecule has 0 aromatic carbocycles. The summed E-state index contributed by atoms with van der Waals surface area (Å²) in [6.07, 6.45) is 3.00. The average Bonchev–Trinajstić information content (AvgIpc) is 2.46. The molecule has 0 rings (SSSR count). The van der Waals surface area contributed by atoms with Gasteiger partial charge in [-0.15, -0.1) is 0 Å². The Morgan fingerprint density at radius 2 is 1.82 bits per heavy atom. The van der Waals surface area contributed by atoms with Crippen molar-refractivity contribution >= 4 is 5.78 Å². The largest absolute Gasteiger partial charge is 0.326 e. The number of nitrogens with one attached hydrogen (secondary N) is 3. The van der Waals surface area contributed by atoms with Gasteiger partial charge in [-0.1, -0.05) is 41.2 Å². The Bertz CT molecular complexity index is 365. The lowest BCUT2D eigenvalue weighted by Gasteiger charge is -2.39. The van der Waals surface area contributed by atoms with Gasteiger partial charge in [0.05, 0.1) is 0 Å². The minimum Gasteiger partial charge on any atom is -0.326 e. The molecule has 22 heavy (non-hydrogen) atoms. The van der Waals surface area contributed by atoms with E-state index in [4.69, 9.17) is 0 Å². The van der Waals surface area contributed by atoms with E-state index in [2.05, 4.69) is 43.5 Å². The molecule has 0 fully saturated rings. The van der Waals surface area contributed by atoms with Crippen LogP contribution in [0.4, 0.5) is 0 Å². The van der Waals surface area contributed by atoms with Crippen LogP contribution in [0.1, 0.15) is 60.8 Å². The molecule has 4 heteroatoms. The monoisotopic (exact) mass is 311 g/mol. The van der Waals surface area contributed by atoms with Gasteiger partial charge < -0.3 is 10.7 Å². The number of rotatable bonds is 12. The Labute approximate surface area is 137 Å². The summed E-state index contributed by atoms with van der Waals surface area (Å²) >= 11 is 0. The van der Waals surface area contributed by atoms with Crippen LogP contribution in [0.15, 0.2) is 12.3 Å². The van der Waals surface area contributed by atoms with E-state index >= 15 is 0 Å². The quantitative estimate of drug-likeness (QED) is 0.382. The second-order valence-electron chi connectivity index (χ2n) is 7.28. The first-order chi connectivity index (χ1) is 10.1. The number of hydrogen-bond acceptors (Lipinski definition) is 4. The van der Waals surface area contributed by atoms with Crippen molar-refractivity contribution in [2.24, 2.45) is 16.7 Å². The first-order valence-electron chi connectivity index (χ1n) is 8.45. The molecule has 0 aliphatic carbocycles. The summed E-state index contributed by atoms with van der Waals surface area (Å²) in [5.41, 5.74) is 7.19. The van der Waals surface area contributed by atoms with Crippen LogP contribution in [0, 0.1) is 16.7 Å². The normalized spacial score (nSPS) is 16.0. The molecule has 0 aromatic heterocycles. The van der Waals surface area contributed by atoms with E-state index in [-0.39, 0.29) is 16.6 Å². The van der Waals surface area contributed by atoms with Crippen molar-refractivity contribution in [1.82, 2.24) is 16.2 Å². The van der Waals surface area contributed by atoms with Gasteiger partial charge in [-0.05, 0) is 45.7 Å². The number of allylic oxidation sites excluding steroid dienone is 1. The van der Waals surface area contributed by atoms with Crippen molar-refractivity contribution < 1.29 is 4.79 Å². The first kappa shape index (κ1) is 21.1. The second-order valence-corrected chi connectivity index (χ2v) is 7.28. The predicted molar refractivity (Wildman–Crippen MR) is 95.5 cm³/mol. The number of ketones is 1. The molecule has 0 amide bonds. The summed E-state index contributed by atoms with van der Waals surface area (Å²) in [6, 6.07) is 0. The van der Waals surface area contributed by atoms with Gasteiger partial charge in [0.15, 0.2) is 0 Å². The molecule has 0 aromatic rings. The van der Waals surface area contributed by atoms with Gasteiger partial charge in [-0.25, -0.2) is 5.43 Å². The highest BCUT2D eigenvalue weighted by Gasteiger charge is 2.37. The molecule has 0 saturated heterocycles. The molecule has 4 nitrogen and oxygen atoms in total. The maximum atomic E-state index is 11.9. The lowest BCUT2D eigenvalue weighted by molar-refractivity contribution is -0.127. The molecular formula is C18H37N3O. The SMILES string of the molecule is C=C(NNCCCNC)C(C)(CC)CC(C)C(C)(C)C(C)=O. The van der Waals surface area contributed by atoms with Crippen LogP contribution in [-0.4, -0.2) is 25.9 Å². The van der Waals surface area contributed by atoms with E-state index in [1.165, 1.54) is 0 Å². The fourth-order valence-electron chi connectivity index (χ4n) is 2.43. The predicted octanol–water partition coefficient (Wildman–Crippen LogP) is 3.26. The third-order valence-corrected chi connectivity index (χ3v) is 5.37. The van der Waals surface area contributed by atoms with Crippen LogP contribution in [-0.2, 0) is 4.79 Å². The van der Waals surface area contributed by atoms with Gasteiger partial charge in [0.2, 0.25) is 0 Å². The molecule has 2 unspecified atom stereocenters. The Balaban J connectivity index is 4.62. The van der Waals surface area contributed by atoms with Crippen molar-refractivity contribution in [3.63, 3.8) is 0 Å². The van der Waals surface area contributed by atoms with Crippen molar-refractivity contribution in [2.45, 2.75) is 60.8 Å². The molecule has 0 heterocycles. The highest BCUT2D eigenvalue weighted by atomic mass is 16.1. The average molecular weight is 312 g/mol. The van der Waals surface area contributed by atoms with Crippen molar-refractivity contribution in [1.29, 1.82) is 0 Å². The standard InChI is InChI=1S/C18H37N3O/c1-9-18(7,13-14(2)17(5,6)16(4)22)15(3)21-20-12-10-11-19-8/h14,19-21H,3,9-13H2,1-2,4-8H3. The minimum atomic E-state index is -0.295. The third-order valence-electron chi connectivity index (χ3n) is 5.37. The summed E-state index contributed by atoms with van der Waals surface area (Å²) in [4.78, 5) is 11.9. The van der Waals surface area contributed by atoms with Crippen molar-refractivity contribution in [3.8, 4) is 0 Å². The molecule has 0 spiro atoms. The van der Waals surface area contributed by atoms with E-state index in [9.17, 15) is 4.79 Å². The number of hydrazine groups is 1. The number of carbonyl (C=O) groups excluding carboxylic acids is 1. The van der Waals surface area contributed by atoms with Crippen LogP contribution in [0.25, 0.3) is 0 Å². The number of hydrogen-bond donors (Lipinski definition) is 3. The maximum Gasteiger partial charge on any atom is 0.135 e. The number of Topliss-reactive ketones (excluding diaryl/α,β-unsaturated/α-hetero) is 1. The first-order valence-corrected chi connectivity index (χ1v) is 8.45. The summed E-state index contributed by atoms with van der Waals surface area (Å²) in [6.45, 7) is 18.5. The zero-order chi connectivity index (χ0) is 17.4. The van der Waals surface area contributed by atoms with Crippen LogP contribution >= 0.6 is 0 Å². The Morgan fingerprint density at radius 1 is 1.23 bits per heavy atom. The molecule has 0 saturated carbocycles. The summed E-state index contributed by atoms with van der Waals surface area (Å²) in [5, 5.41) is 3.13. The molecule has 2 atom stereocenters. The van der Waals surface area contributed by atoms with Crippen molar-refractivity contribution in [2.75, 3.05) is 20.1 Å². The fourth-order valence-corrected chi connectivity index (χ4v) is 2.43. The zero-order valence-electron chi connectivity index (χ0n) is 15.7. The van der Waals surface area contributed by atoms with Gasteiger partial charge in [0.1, 0.15) is 5.78 Å². The van der Waals surface area contributed by atoms with Crippen molar-refractivity contribution in [3.05, 3.63) is 12.3 Å². The minimum absolute atomic E-state index is 0.0257. The number of carbonyl (C=O) groups is 1. The molecule has 0 aliphatic rings. The van der Waals surface area contributed by atoms with E-state index < -0.39 is 0 Å². The van der Waals surface area contributed by atoms with Crippen LogP contribution in [0.3, 0.4) is 0 Å². The third kappa shape index (κ3) is 6.09. The molecule has 0 aliphatic heterocycles. The van der Waals surface area contributed by atoms with Crippen LogP contribution in [0.2, 0.25) is 0 Å². The zero-order valence-corrected chi connectivity index (χ0v) is 15.7. The molecule has 0 radical (unpaired) electrons. The van der Waals surface area contributed by atoms with Gasteiger partial charge in [0.25, 0.3) is 0 Å². The second kappa shape index (κ2) is 9.31. The highest BCUT2D eigenvalue weighted by Crippen LogP contribution is 2.41. The van der Waals surface area contributed by atoms with Crippen LogP contribution < -0.4 is 16.2 Å². The van der Waals surface area contributed by atoms with Gasteiger partial charge in [0, 0.05) is 23.1 Å². The van der Waals surface area contributed by atoms with E-state index in [0.717, 1.165) is 38.0 Å². The summed E-state index contributed by atoms with van der Waals surface area (Å²) in [5.74, 6) is 0.556. The fraction of sp³-hybridized carbons (Fsp3) is 0.833. The summed E-state index contributed by atoms with van der Waals surface area (Å²) < 4.78 is 0. The Hall–Kier alpha value is -0.870. The molecule has 0 bridgehead atoms. The Kier molecular flexibility index (Phi) is 8.94. The molecular weight excluding hydrogens is 274 g/mol. The maximum absolute atomic E-state index is 11.9. The van der Waals surface area contributed by atoms with Gasteiger partial charge >= 0.3 is 0 Å². The van der Waals surface area contributed by atoms with Gasteiger partial charge in [-0.3, -0.25) is 4.79 Å². The highest BCUT2D eigenvalue weighted by molar-refractivity contribution is 5.81. The lowest BCUT2D eigenvalue weighted by atomic mass is 9.67. The lowest BCUT2D eigenvalue weighted by Crippen LogP contribution is -2.41. The molecule has 130 valence electrons. The topological polar surface area (TPSA) is 53.2 Å².